The molecule has 15 heavy (non-hydrogen) atoms. The number of rotatable bonds is 5. The summed E-state index contributed by atoms with van der Waals surface area (Å²) >= 11 is 1.91. The number of nitriles is 1. The van der Waals surface area contributed by atoms with Crippen molar-refractivity contribution in [2.24, 2.45) is 0 Å². The quantitative estimate of drug-likeness (QED) is 0.779. The highest BCUT2D eigenvalue weighted by molar-refractivity contribution is 7.99. The van der Waals surface area contributed by atoms with Crippen LogP contribution >= 0.6 is 11.8 Å². The number of ether oxygens (including phenoxy) is 1. The Morgan fingerprint density at radius 3 is 2.67 bits per heavy atom. The Bertz CT molecular complexity index is 209. The minimum atomic E-state index is -0.0159. The number of nitrogens with one attached hydrogen (secondary N) is 1. The van der Waals surface area contributed by atoms with Gasteiger partial charge in [0.25, 0.3) is 0 Å². The van der Waals surface area contributed by atoms with Crippen molar-refractivity contribution in [3.63, 3.8) is 0 Å². The Morgan fingerprint density at radius 1 is 1.47 bits per heavy atom. The summed E-state index contributed by atoms with van der Waals surface area (Å²) in [6.07, 6.45) is 2.26. The van der Waals surface area contributed by atoms with Crippen molar-refractivity contribution in [1.29, 1.82) is 5.26 Å². The molecule has 0 spiro atoms. The molecule has 0 saturated carbocycles. The smallest absolute Gasteiger partial charge is 0.105 e. The van der Waals surface area contributed by atoms with E-state index in [4.69, 9.17) is 10.00 Å². The van der Waals surface area contributed by atoms with E-state index in [0.29, 0.717) is 11.3 Å². The zero-order chi connectivity index (χ0) is 11.1. The molecule has 0 bridgehead atoms. The lowest BCUT2D eigenvalue weighted by atomic mass is 10.2. The summed E-state index contributed by atoms with van der Waals surface area (Å²) in [4.78, 5) is 0. The number of hydrogen-bond acceptors (Lipinski definition) is 4. The van der Waals surface area contributed by atoms with Crippen LogP contribution in [0.2, 0.25) is 0 Å². The van der Waals surface area contributed by atoms with E-state index in [9.17, 15) is 0 Å². The average Bonchev–Trinajstić information content (AvgIpc) is 2.25. The second-order valence-corrected chi connectivity index (χ2v) is 5.48. The SMILES string of the molecule is CC(C)NC(C#N)CSC1CCOCC1. The summed E-state index contributed by atoms with van der Waals surface area (Å²) in [5, 5.41) is 12.9. The lowest BCUT2D eigenvalue weighted by molar-refractivity contribution is 0.1000. The lowest BCUT2D eigenvalue weighted by Gasteiger charge is -2.23. The van der Waals surface area contributed by atoms with Crippen LogP contribution in [0.1, 0.15) is 26.7 Å². The van der Waals surface area contributed by atoms with Crippen LogP contribution in [0.3, 0.4) is 0 Å². The molecule has 1 rings (SSSR count). The molecule has 1 aliphatic heterocycles. The lowest BCUT2D eigenvalue weighted by Crippen LogP contribution is -2.36. The van der Waals surface area contributed by atoms with E-state index < -0.39 is 0 Å². The van der Waals surface area contributed by atoms with Crippen molar-refractivity contribution in [3.05, 3.63) is 0 Å². The molecule has 0 aromatic carbocycles. The van der Waals surface area contributed by atoms with Crippen LogP contribution in [0.25, 0.3) is 0 Å². The third-order valence-electron chi connectivity index (χ3n) is 2.36. The first kappa shape index (κ1) is 12.8. The van der Waals surface area contributed by atoms with E-state index >= 15 is 0 Å². The van der Waals surface area contributed by atoms with Crippen LogP contribution in [-0.2, 0) is 4.74 Å². The molecule has 4 heteroatoms. The molecule has 86 valence electrons. The Balaban J connectivity index is 2.18. The van der Waals surface area contributed by atoms with Crippen molar-refractivity contribution in [1.82, 2.24) is 5.32 Å². The monoisotopic (exact) mass is 228 g/mol. The van der Waals surface area contributed by atoms with Gasteiger partial charge in [-0.15, -0.1) is 0 Å². The van der Waals surface area contributed by atoms with Gasteiger partial charge in [-0.25, -0.2) is 0 Å². The fourth-order valence-electron chi connectivity index (χ4n) is 1.60. The molecule has 1 heterocycles. The zero-order valence-corrected chi connectivity index (χ0v) is 10.3. The van der Waals surface area contributed by atoms with Gasteiger partial charge in [-0.3, -0.25) is 5.32 Å². The van der Waals surface area contributed by atoms with E-state index in [-0.39, 0.29) is 6.04 Å². The molecule has 1 unspecified atom stereocenters. The van der Waals surface area contributed by atoms with E-state index in [1.54, 1.807) is 0 Å². The minimum absolute atomic E-state index is 0.0159. The molecule has 1 aliphatic rings. The summed E-state index contributed by atoms with van der Waals surface area (Å²) < 4.78 is 5.30. The normalized spacial score (nSPS) is 20.1. The molecule has 3 nitrogen and oxygen atoms in total. The van der Waals surface area contributed by atoms with Crippen LogP contribution in [0.5, 0.6) is 0 Å². The first-order valence-corrected chi connectivity index (χ1v) is 6.62. The molecule has 0 aliphatic carbocycles. The van der Waals surface area contributed by atoms with E-state index in [1.807, 2.05) is 11.8 Å². The highest BCUT2D eigenvalue weighted by atomic mass is 32.2. The van der Waals surface area contributed by atoms with Gasteiger partial charge < -0.3 is 4.74 Å². The van der Waals surface area contributed by atoms with Crippen LogP contribution in [0, 0.1) is 11.3 Å². The van der Waals surface area contributed by atoms with Crippen LogP contribution in [-0.4, -0.2) is 36.3 Å². The Labute approximate surface area is 96.6 Å². The molecule has 1 N–H and O–H groups in total. The third-order valence-corrected chi connectivity index (χ3v) is 3.83. The van der Waals surface area contributed by atoms with Crippen molar-refractivity contribution in [2.75, 3.05) is 19.0 Å². The number of nitrogens with zero attached hydrogens (tertiary/aromatic N) is 1. The van der Waals surface area contributed by atoms with Crippen LogP contribution < -0.4 is 5.32 Å². The topological polar surface area (TPSA) is 45.0 Å². The predicted molar refractivity (Wildman–Crippen MR) is 64.0 cm³/mol. The fraction of sp³-hybridized carbons (Fsp3) is 0.909. The first-order chi connectivity index (χ1) is 7.22. The molecule has 0 aromatic rings. The van der Waals surface area contributed by atoms with Crippen LogP contribution in [0.4, 0.5) is 0 Å². The van der Waals surface area contributed by atoms with Crippen LogP contribution in [0.15, 0.2) is 0 Å². The van der Waals surface area contributed by atoms with E-state index in [1.165, 1.54) is 0 Å². The van der Waals surface area contributed by atoms with Gasteiger partial charge in [-0.05, 0) is 26.7 Å². The molecule has 0 amide bonds. The fourth-order valence-corrected chi connectivity index (χ4v) is 2.76. The summed E-state index contributed by atoms with van der Waals surface area (Å²) in [5.74, 6) is 0.888. The Morgan fingerprint density at radius 2 is 2.13 bits per heavy atom. The maximum atomic E-state index is 8.95. The molecule has 0 aromatic heterocycles. The average molecular weight is 228 g/mol. The van der Waals surface area contributed by atoms with Gasteiger partial charge in [0.1, 0.15) is 6.04 Å². The van der Waals surface area contributed by atoms with Crippen molar-refractivity contribution >= 4 is 11.8 Å². The summed E-state index contributed by atoms with van der Waals surface area (Å²) in [7, 11) is 0. The third kappa shape index (κ3) is 5.41. The second-order valence-electron chi connectivity index (χ2n) is 4.15. The highest BCUT2D eigenvalue weighted by Gasteiger charge is 2.16. The maximum absolute atomic E-state index is 8.95. The maximum Gasteiger partial charge on any atom is 0.105 e. The van der Waals surface area contributed by atoms with Gasteiger partial charge in [0.2, 0.25) is 0 Å². The molecular formula is C11H20N2OS. The summed E-state index contributed by atoms with van der Waals surface area (Å²) in [6, 6.07) is 2.67. The van der Waals surface area contributed by atoms with Gasteiger partial charge >= 0.3 is 0 Å². The molecule has 1 fully saturated rings. The summed E-state index contributed by atoms with van der Waals surface area (Å²) in [6.45, 7) is 5.91. The van der Waals surface area contributed by atoms with Gasteiger partial charge in [0, 0.05) is 30.3 Å². The molecule has 0 radical (unpaired) electrons. The molecular weight excluding hydrogens is 208 g/mol. The zero-order valence-electron chi connectivity index (χ0n) is 9.53. The minimum Gasteiger partial charge on any atom is -0.381 e. The van der Waals surface area contributed by atoms with Gasteiger partial charge in [0.05, 0.1) is 6.07 Å². The Hall–Kier alpha value is -0.240. The van der Waals surface area contributed by atoms with Crippen molar-refractivity contribution in [3.8, 4) is 6.07 Å². The highest BCUT2D eigenvalue weighted by Crippen LogP contribution is 2.22. The van der Waals surface area contributed by atoms with Gasteiger partial charge in [-0.1, -0.05) is 0 Å². The largest absolute Gasteiger partial charge is 0.381 e. The number of hydrogen-bond donors (Lipinski definition) is 1. The van der Waals surface area contributed by atoms with E-state index in [2.05, 4.69) is 25.2 Å². The number of thioether (sulfide) groups is 1. The standard InChI is InChI=1S/C11H20N2OS/c1-9(2)13-10(7-12)8-15-11-3-5-14-6-4-11/h9-11,13H,3-6,8H2,1-2H3. The predicted octanol–water partition coefficient (Wildman–Crippen LogP) is 1.79. The van der Waals surface area contributed by atoms with Crippen molar-refractivity contribution < 1.29 is 4.74 Å². The Kier molecular flexibility index (Phi) is 6.07. The van der Waals surface area contributed by atoms with E-state index in [0.717, 1.165) is 31.8 Å². The molecule has 1 saturated heterocycles. The second kappa shape index (κ2) is 7.10. The molecule has 1 atom stereocenters. The first-order valence-electron chi connectivity index (χ1n) is 5.57. The van der Waals surface area contributed by atoms with Crippen molar-refractivity contribution in [2.45, 2.75) is 44.0 Å². The summed E-state index contributed by atoms with van der Waals surface area (Å²) in [5.41, 5.74) is 0. The van der Waals surface area contributed by atoms with Gasteiger partial charge in [0.15, 0.2) is 0 Å². The van der Waals surface area contributed by atoms with Gasteiger partial charge in [-0.2, -0.15) is 17.0 Å².